The third-order valence-electron chi connectivity index (χ3n) is 4.77. The zero-order valence-corrected chi connectivity index (χ0v) is 16.9. The molecule has 29 heavy (non-hydrogen) atoms. The number of nitrogens with one attached hydrogen (secondary N) is 1. The SMILES string of the molecule is Cc1cc(S(N)(=O)=O)c(C)cc1N1CC(C(=O)N/N=C/c2ccccc2)CC1=O. The Morgan fingerprint density at radius 1 is 1.21 bits per heavy atom. The van der Waals surface area contributed by atoms with Crippen LogP contribution < -0.4 is 15.5 Å². The van der Waals surface area contributed by atoms with Crippen LogP contribution in [0.2, 0.25) is 0 Å². The van der Waals surface area contributed by atoms with Gasteiger partial charge in [-0.2, -0.15) is 5.10 Å². The predicted octanol–water partition coefficient (Wildman–Crippen LogP) is 1.45. The van der Waals surface area contributed by atoms with E-state index in [1.807, 2.05) is 30.3 Å². The van der Waals surface area contributed by atoms with Gasteiger partial charge in [0.05, 0.1) is 17.0 Å². The molecule has 0 radical (unpaired) electrons. The second-order valence-electron chi connectivity index (χ2n) is 7.00. The molecule has 2 aromatic rings. The molecule has 0 spiro atoms. The molecule has 1 atom stereocenters. The number of benzene rings is 2. The zero-order chi connectivity index (χ0) is 21.2. The molecule has 2 amide bonds. The van der Waals surface area contributed by atoms with Gasteiger partial charge in [0, 0.05) is 18.7 Å². The number of carbonyl (C=O) groups excluding carboxylic acids is 2. The monoisotopic (exact) mass is 414 g/mol. The molecule has 0 saturated carbocycles. The first kappa shape index (κ1) is 20.7. The van der Waals surface area contributed by atoms with Crippen LogP contribution in [0.15, 0.2) is 52.5 Å². The Morgan fingerprint density at radius 2 is 1.90 bits per heavy atom. The van der Waals surface area contributed by atoms with Crippen LogP contribution in [0.1, 0.15) is 23.1 Å². The average molecular weight is 414 g/mol. The Hall–Kier alpha value is -3.04. The highest BCUT2D eigenvalue weighted by molar-refractivity contribution is 7.89. The lowest BCUT2D eigenvalue weighted by Gasteiger charge is -2.20. The number of sulfonamides is 1. The number of amides is 2. The van der Waals surface area contributed by atoms with Crippen LogP contribution in [0.5, 0.6) is 0 Å². The van der Waals surface area contributed by atoms with Crippen LogP contribution in [0.3, 0.4) is 0 Å². The first-order chi connectivity index (χ1) is 13.7. The van der Waals surface area contributed by atoms with Crippen LogP contribution in [-0.2, 0) is 19.6 Å². The molecule has 0 aliphatic carbocycles. The second-order valence-corrected chi connectivity index (χ2v) is 8.53. The van der Waals surface area contributed by atoms with Gasteiger partial charge < -0.3 is 4.90 Å². The Morgan fingerprint density at radius 3 is 2.55 bits per heavy atom. The van der Waals surface area contributed by atoms with E-state index in [4.69, 9.17) is 5.14 Å². The fourth-order valence-corrected chi connectivity index (χ4v) is 4.14. The number of nitrogens with zero attached hydrogens (tertiary/aromatic N) is 2. The second kappa shape index (κ2) is 8.14. The van der Waals surface area contributed by atoms with Crippen LogP contribution in [0.25, 0.3) is 0 Å². The fraction of sp³-hybridized carbons (Fsp3) is 0.250. The largest absolute Gasteiger partial charge is 0.311 e. The molecule has 152 valence electrons. The van der Waals surface area contributed by atoms with Gasteiger partial charge in [-0.15, -0.1) is 0 Å². The van der Waals surface area contributed by atoms with Crippen LogP contribution in [-0.4, -0.2) is 33.0 Å². The van der Waals surface area contributed by atoms with Crippen LogP contribution in [0.4, 0.5) is 5.69 Å². The van der Waals surface area contributed by atoms with Crippen molar-refractivity contribution < 1.29 is 18.0 Å². The first-order valence-corrected chi connectivity index (χ1v) is 10.5. The van der Waals surface area contributed by atoms with Crippen molar-refractivity contribution in [3.8, 4) is 0 Å². The maximum Gasteiger partial charge on any atom is 0.245 e. The topological polar surface area (TPSA) is 122 Å². The van der Waals surface area contributed by atoms with E-state index in [0.29, 0.717) is 16.8 Å². The van der Waals surface area contributed by atoms with Gasteiger partial charge in [-0.25, -0.2) is 19.0 Å². The van der Waals surface area contributed by atoms with Crippen molar-refractivity contribution in [2.75, 3.05) is 11.4 Å². The lowest BCUT2D eigenvalue weighted by molar-refractivity contribution is -0.126. The highest BCUT2D eigenvalue weighted by Gasteiger charge is 2.36. The number of anilines is 1. The molecule has 3 N–H and O–H groups in total. The summed E-state index contributed by atoms with van der Waals surface area (Å²) in [6.07, 6.45) is 1.59. The summed E-state index contributed by atoms with van der Waals surface area (Å²) in [6, 6.07) is 12.4. The minimum atomic E-state index is -3.85. The molecule has 1 fully saturated rings. The predicted molar refractivity (Wildman–Crippen MR) is 110 cm³/mol. The summed E-state index contributed by atoms with van der Waals surface area (Å²) in [7, 11) is -3.85. The van der Waals surface area contributed by atoms with Gasteiger partial charge in [0.1, 0.15) is 0 Å². The lowest BCUT2D eigenvalue weighted by Crippen LogP contribution is -2.30. The molecule has 1 aliphatic heterocycles. The molecule has 1 saturated heterocycles. The summed E-state index contributed by atoms with van der Waals surface area (Å²) < 4.78 is 23.4. The van der Waals surface area contributed by atoms with Crippen molar-refractivity contribution in [1.82, 2.24) is 5.43 Å². The maximum absolute atomic E-state index is 12.5. The zero-order valence-electron chi connectivity index (χ0n) is 16.1. The molecular weight excluding hydrogens is 392 g/mol. The molecule has 1 heterocycles. The summed E-state index contributed by atoms with van der Waals surface area (Å²) in [5.74, 6) is -1.10. The van der Waals surface area contributed by atoms with E-state index >= 15 is 0 Å². The Kier molecular flexibility index (Phi) is 5.81. The van der Waals surface area contributed by atoms with Crippen molar-refractivity contribution in [2.45, 2.75) is 25.2 Å². The summed E-state index contributed by atoms with van der Waals surface area (Å²) >= 11 is 0. The van der Waals surface area contributed by atoms with Gasteiger partial charge in [-0.05, 0) is 42.7 Å². The third kappa shape index (κ3) is 4.69. The summed E-state index contributed by atoms with van der Waals surface area (Å²) in [5.41, 5.74) is 4.93. The van der Waals surface area contributed by atoms with Gasteiger partial charge >= 0.3 is 0 Å². The lowest BCUT2D eigenvalue weighted by atomic mass is 10.1. The van der Waals surface area contributed by atoms with E-state index in [1.165, 1.54) is 17.2 Å². The van der Waals surface area contributed by atoms with Crippen molar-refractivity contribution in [3.63, 3.8) is 0 Å². The van der Waals surface area contributed by atoms with Crippen molar-refractivity contribution in [1.29, 1.82) is 0 Å². The molecular formula is C20H22N4O4S. The number of carbonyl (C=O) groups is 2. The minimum Gasteiger partial charge on any atom is -0.311 e. The molecule has 2 aromatic carbocycles. The van der Waals surface area contributed by atoms with Crippen molar-refractivity contribution in [3.05, 3.63) is 59.2 Å². The quantitative estimate of drug-likeness (QED) is 0.568. The van der Waals surface area contributed by atoms with Crippen LogP contribution >= 0.6 is 0 Å². The summed E-state index contributed by atoms with van der Waals surface area (Å²) in [4.78, 5) is 26.4. The van der Waals surface area contributed by atoms with Gasteiger partial charge in [0.25, 0.3) is 0 Å². The standard InChI is InChI=1S/C20H22N4O4S/c1-13-9-18(29(21,27)28)14(2)8-17(13)24-12-16(10-19(24)25)20(26)23-22-11-15-6-4-3-5-7-15/h3-9,11,16H,10,12H2,1-2H3,(H,23,26)(H2,21,27,28)/b22-11+. The average Bonchev–Trinajstić information content (AvgIpc) is 3.05. The van der Waals surface area contributed by atoms with Crippen molar-refractivity contribution in [2.24, 2.45) is 16.2 Å². The Labute approximate surface area is 169 Å². The molecule has 0 bridgehead atoms. The molecule has 9 heteroatoms. The number of hydrogen-bond donors (Lipinski definition) is 2. The van der Waals surface area contributed by atoms with Crippen molar-refractivity contribution >= 4 is 33.7 Å². The fourth-order valence-electron chi connectivity index (χ4n) is 3.29. The number of hydrogen-bond acceptors (Lipinski definition) is 5. The van der Waals surface area contributed by atoms with E-state index in [1.54, 1.807) is 19.9 Å². The van der Waals surface area contributed by atoms with Gasteiger partial charge in [0.15, 0.2) is 0 Å². The van der Waals surface area contributed by atoms with E-state index in [-0.39, 0.29) is 29.7 Å². The number of rotatable bonds is 5. The highest BCUT2D eigenvalue weighted by atomic mass is 32.2. The third-order valence-corrected chi connectivity index (χ3v) is 5.83. The van der Waals surface area contributed by atoms with E-state index in [2.05, 4.69) is 10.5 Å². The Balaban J connectivity index is 1.72. The summed E-state index contributed by atoms with van der Waals surface area (Å²) in [5, 5.41) is 9.18. The number of aryl methyl sites for hydroxylation is 2. The molecule has 8 nitrogen and oxygen atoms in total. The molecule has 1 aliphatic rings. The van der Waals surface area contributed by atoms with Gasteiger partial charge in [-0.1, -0.05) is 30.3 Å². The first-order valence-electron chi connectivity index (χ1n) is 8.99. The molecule has 3 rings (SSSR count). The van der Waals surface area contributed by atoms with E-state index in [0.717, 1.165) is 5.56 Å². The normalized spacial score (nSPS) is 17.1. The van der Waals surface area contributed by atoms with Crippen LogP contribution in [0, 0.1) is 19.8 Å². The number of primary sulfonamides is 1. The summed E-state index contributed by atoms with van der Waals surface area (Å²) in [6.45, 7) is 3.51. The van der Waals surface area contributed by atoms with Gasteiger partial charge in [-0.3, -0.25) is 9.59 Å². The number of nitrogens with two attached hydrogens (primary N) is 1. The molecule has 1 unspecified atom stereocenters. The number of hydrazone groups is 1. The van der Waals surface area contributed by atoms with Gasteiger partial charge in [0.2, 0.25) is 21.8 Å². The van der Waals surface area contributed by atoms with E-state index < -0.39 is 15.9 Å². The minimum absolute atomic E-state index is 0.0231. The smallest absolute Gasteiger partial charge is 0.245 e. The molecule has 0 aromatic heterocycles. The Bertz CT molecular complexity index is 1080. The maximum atomic E-state index is 12.5. The van der Waals surface area contributed by atoms with E-state index in [9.17, 15) is 18.0 Å². The highest BCUT2D eigenvalue weighted by Crippen LogP contribution is 2.31.